The number of oxazole rings is 1. The Morgan fingerprint density at radius 2 is 2.10 bits per heavy atom. The number of amides is 1. The average Bonchev–Trinajstić information content (AvgIpc) is 2.94. The van der Waals surface area contributed by atoms with Crippen LogP contribution in [-0.4, -0.2) is 10.9 Å². The molecular formula is C15H15N3O2. The third-order valence-electron chi connectivity index (χ3n) is 2.85. The number of nitrogens with one attached hydrogen (secondary N) is 1. The van der Waals surface area contributed by atoms with Gasteiger partial charge < -0.3 is 9.73 Å². The second-order valence-corrected chi connectivity index (χ2v) is 4.93. The summed E-state index contributed by atoms with van der Waals surface area (Å²) in [5.74, 6) is 0.179. The maximum atomic E-state index is 11.8. The van der Waals surface area contributed by atoms with Gasteiger partial charge in [0.05, 0.1) is 18.3 Å². The summed E-state index contributed by atoms with van der Waals surface area (Å²) in [5, 5.41) is 11.5. The molecule has 0 atom stereocenters. The lowest BCUT2D eigenvalue weighted by atomic mass is 9.95. The fourth-order valence-electron chi connectivity index (χ4n) is 1.54. The SMILES string of the molecule is CC(C)(C#N)C(=O)NCc1coc(-c2ccccc2)n1. The molecule has 1 aromatic heterocycles. The normalized spacial score (nSPS) is 10.8. The Morgan fingerprint density at radius 1 is 1.40 bits per heavy atom. The van der Waals surface area contributed by atoms with Gasteiger partial charge in [0.25, 0.3) is 0 Å². The first-order valence-corrected chi connectivity index (χ1v) is 6.22. The number of nitrogens with zero attached hydrogens (tertiary/aromatic N) is 2. The standard InChI is InChI=1S/C15H15N3O2/c1-15(2,10-16)14(19)17-8-12-9-20-13(18-12)11-6-4-3-5-7-11/h3-7,9H,8H2,1-2H3,(H,17,19). The molecule has 5 nitrogen and oxygen atoms in total. The summed E-state index contributed by atoms with van der Waals surface area (Å²) in [4.78, 5) is 16.0. The smallest absolute Gasteiger partial charge is 0.240 e. The number of hydrogen-bond donors (Lipinski definition) is 1. The van der Waals surface area contributed by atoms with Gasteiger partial charge in [-0.2, -0.15) is 5.26 Å². The van der Waals surface area contributed by atoms with Gasteiger partial charge in [0.1, 0.15) is 11.7 Å². The molecule has 0 spiro atoms. The van der Waals surface area contributed by atoms with Crippen LogP contribution < -0.4 is 5.32 Å². The van der Waals surface area contributed by atoms with Gasteiger partial charge in [-0.3, -0.25) is 4.79 Å². The lowest BCUT2D eigenvalue weighted by Gasteiger charge is -2.13. The van der Waals surface area contributed by atoms with Gasteiger partial charge in [0.2, 0.25) is 11.8 Å². The second kappa shape index (κ2) is 5.57. The number of rotatable bonds is 4. The lowest BCUT2D eigenvalue weighted by Crippen LogP contribution is -2.35. The number of hydrogen-bond acceptors (Lipinski definition) is 4. The number of aromatic nitrogens is 1. The first-order valence-electron chi connectivity index (χ1n) is 6.22. The topological polar surface area (TPSA) is 78.9 Å². The molecule has 0 saturated carbocycles. The van der Waals surface area contributed by atoms with E-state index in [1.165, 1.54) is 6.26 Å². The Balaban J connectivity index is 2.01. The van der Waals surface area contributed by atoms with Gasteiger partial charge in [-0.1, -0.05) is 18.2 Å². The summed E-state index contributed by atoms with van der Waals surface area (Å²) >= 11 is 0. The Kier molecular flexibility index (Phi) is 3.85. The summed E-state index contributed by atoms with van der Waals surface area (Å²) in [5.41, 5.74) is 0.444. The lowest BCUT2D eigenvalue weighted by molar-refractivity contribution is -0.126. The van der Waals surface area contributed by atoms with Crippen molar-refractivity contribution in [1.82, 2.24) is 10.3 Å². The zero-order valence-corrected chi connectivity index (χ0v) is 11.4. The van der Waals surface area contributed by atoms with E-state index in [1.807, 2.05) is 36.4 Å². The summed E-state index contributed by atoms with van der Waals surface area (Å²) in [6.45, 7) is 3.38. The van der Waals surface area contributed by atoms with E-state index >= 15 is 0 Å². The van der Waals surface area contributed by atoms with Crippen LogP contribution in [0.5, 0.6) is 0 Å². The monoisotopic (exact) mass is 269 g/mol. The molecule has 5 heteroatoms. The van der Waals surface area contributed by atoms with E-state index in [1.54, 1.807) is 13.8 Å². The fourth-order valence-corrected chi connectivity index (χ4v) is 1.54. The van der Waals surface area contributed by atoms with Crippen molar-refractivity contribution in [2.24, 2.45) is 5.41 Å². The van der Waals surface area contributed by atoms with Crippen molar-refractivity contribution < 1.29 is 9.21 Å². The summed E-state index contributed by atoms with van der Waals surface area (Å²) in [6.07, 6.45) is 1.50. The van der Waals surface area contributed by atoms with Gasteiger partial charge in [-0.25, -0.2) is 4.98 Å². The zero-order valence-electron chi connectivity index (χ0n) is 11.4. The minimum atomic E-state index is -1.05. The molecule has 1 aromatic carbocycles. The molecule has 1 N–H and O–H groups in total. The van der Waals surface area contributed by atoms with Crippen LogP contribution in [0.25, 0.3) is 11.5 Å². The van der Waals surface area contributed by atoms with E-state index in [4.69, 9.17) is 9.68 Å². The molecule has 102 valence electrons. The van der Waals surface area contributed by atoms with E-state index in [9.17, 15) is 4.79 Å². The molecule has 1 heterocycles. The molecule has 0 bridgehead atoms. The Morgan fingerprint density at radius 3 is 2.75 bits per heavy atom. The van der Waals surface area contributed by atoms with Gasteiger partial charge in [0, 0.05) is 5.56 Å². The van der Waals surface area contributed by atoms with Crippen molar-refractivity contribution >= 4 is 5.91 Å². The molecule has 0 saturated heterocycles. The third kappa shape index (κ3) is 3.04. The molecule has 20 heavy (non-hydrogen) atoms. The highest BCUT2D eigenvalue weighted by Gasteiger charge is 2.26. The fraction of sp³-hybridized carbons (Fsp3) is 0.267. The van der Waals surface area contributed by atoms with Crippen molar-refractivity contribution in [2.45, 2.75) is 20.4 Å². The van der Waals surface area contributed by atoms with Crippen molar-refractivity contribution in [3.63, 3.8) is 0 Å². The van der Waals surface area contributed by atoms with Crippen LogP contribution in [0, 0.1) is 16.7 Å². The van der Waals surface area contributed by atoms with Gasteiger partial charge in [-0.05, 0) is 26.0 Å². The quantitative estimate of drug-likeness (QED) is 0.924. The van der Waals surface area contributed by atoms with Crippen LogP contribution >= 0.6 is 0 Å². The van der Waals surface area contributed by atoms with Gasteiger partial charge in [0.15, 0.2) is 0 Å². The summed E-state index contributed by atoms with van der Waals surface area (Å²) in [6, 6.07) is 11.5. The predicted octanol–water partition coefficient (Wildman–Crippen LogP) is 2.51. The highest BCUT2D eigenvalue weighted by molar-refractivity contribution is 5.84. The molecule has 0 aliphatic carbocycles. The highest BCUT2D eigenvalue weighted by atomic mass is 16.3. The molecule has 2 aromatic rings. The zero-order chi connectivity index (χ0) is 14.6. The number of carbonyl (C=O) groups is 1. The maximum absolute atomic E-state index is 11.8. The van der Waals surface area contributed by atoms with Crippen molar-refractivity contribution in [3.05, 3.63) is 42.3 Å². The first-order chi connectivity index (χ1) is 9.53. The van der Waals surface area contributed by atoms with Gasteiger partial charge in [-0.15, -0.1) is 0 Å². The van der Waals surface area contributed by atoms with E-state index in [0.29, 0.717) is 11.6 Å². The first kappa shape index (κ1) is 13.8. The Labute approximate surface area is 117 Å². The summed E-state index contributed by atoms with van der Waals surface area (Å²) < 4.78 is 5.37. The third-order valence-corrected chi connectivity index (χ3v) is 2.85. The van der Waals surface area contributed by atoms with Crippen LogP contribution in [0.4, 0.5) is 0 Å². The van der Waals surface area contributed by atoms with E-state index in [2.05, 4.69) is 10.3 Å². The van der Waals surface area contributed by atoms with Crippen LogP contribution in [0.2, 0.25) is 0 Å². The Bertz CT molecular complexity index is 639. The van der Waals surface area contributed by atoms with E-state index in [0.717, 1.165) is 5.56 Å². The van der Waals surface area contributed by atoms with Crippen LogP contribution in [-0.2, 0) is 11.3 Å². The van der Waals surface area contributed by atoms with E-state index in [-0.39, 0.29) is 12.5 Å². The van der Waals surface area contributed by atoms with Crippen molar-refractivity contribution in [2.75, 3.05) is 0 Å². The molecule has 0 unspecified atom stereocenters. The molecule has 2 rings (SSSR count). The van der Waals surface area contributed by atoms with Crippen LogP contribution in [0.3, 0.4) is 0 Å². The number of benzene rings is 1. The summed E-state index contributed by atoms with van der Waals surface area (Å²) in [7, 11) is 0. The van der Waals surface area contributed by atoms with E-state index < -0.39 is 5.41 Å². The maximum Gasteiger partial charge on any atom is 0.240 e. The minimum absolute atomic E-state index is 0.236. The molecule has 0 aliphatic heterocycles. The molecule has 1 amide bonds. The van der Waals surface area contributed by atoms with Crippen LogP contribution in [0.15, 0.2) is 41.0 Å². The average molecular weight is 269 g/mol. The molecule has 0 radical (unpaired) electrons. The molecular weight excluding hydrogens is 254 g/mol. The Hall–Kier alpha value is -2.61. The van der Waals surface area contributed by atoms with Gasteiger partial charge >= 0.3 is 0 Å². The second-order valence-electron chi connectivity index (χ2n) is 4.93. The molecule has 0 aliphatic rings. The molecule has 0 fully saturated rings. The number of nitriles is 1. The van der Waals surface area contributed by atoms with Crippen LogP contribution in [0.1, 0.15) is 19.5 Å². The minimum Gasteiger partial charge on any atom is -0.444 e. The largest absolute Gasteiger partial charge is 0.444 e. The van der Waals surface area contributed by atoms with Crippen molar-refractivity contribution in [3.8, 4) is 17.5 Å². The predicted molar refractivity (Wildman–Crippen MR) is 73.2 cm³/mol. The van der Waals surface area contributed by atoms with Crippen molar-refractivity contribution in [1.29, 1.82) is 5.26 Å². The number of carbonyl (C=O) groups excluding carboxylic acids is 1. The highest BCUT2D eigenvalue weighted by Crippen LogP contribution is 2.18.